The van der Waals surface area contributed by atoms with Gasteiger partial charge in [0.05, 0.1) is 19.4 Å². The molecule has 0 saturated heterocycles. The summed E-state index contributed by atoms with van der Waals surface area (Å²) in [6.45, 7) is 4.14. The average Bonchev–Trinajstić information content (AvgIpc) is 2.22. The lowest BCUT2D eigenvalue weighted by Gasteiger charge is -1.98. The van der Waals surface area contributed by atoms with Crippen molar-refractivity contribution in [1.29, 1.82) is 0 Å². The zero-order valence-electron chi connectivity index (χ0n) is 10.3. The van der Waals surface area contributed by atoms with Crippen molar-refractivity contribution in [3.8, 4) is 0 Å². The Kier molecular flexibility index (Phi) is 13.1. The van der Waals surface area contributed by atoms with Crippen LogP contribution in [0.3, 0.4) is 0 Å². The predicted octanol–water partition coefficient (Wildman–Crippen LogP) is 1.68. The zero-order valence-corrected chi connectivity index (χ0v) is 10.3. The van der Waals surface area contributed by atoms with E-state index >= 15 is 0 Å². The molecule has 0 fully saturated rings. The molecule has 6 heteroatoms. The topological polar surface area (TPSA) is 101 Å². The Bertz CT molecular complexity index is 222. The third-order valence-electron chi connectivity index (χ3n) is 1.61. The van der Waals surface area contributed by atoms with Crippen LogP contribution in [0.5, 0.6) is 0 Å². The Hall–Kier alpha value is -1.59. The van der Waals surface area contributed by atoms with Crippen LogP contribution in [0.2, 0.25) is 0 Å². The molecule has 0 aliphatic carbocycles. The van der Waals surface area contributed by atoms with Crippen LogP contribution in [0, 0.1) is 0 Å². The Balaban J connectivity index is 0. The van der Waals surface area contributed by atoms with E-state index in [4.69, 9.17) is 14.9 Å². The highest BCUT2D eigenvalue weighted by atomic mass is 16.5. The van der Waals surface area contributed by atoms with Gasteiger partial charge in [-0.05, 0) is 6.42 Å². The largest absolute Gasteiger partial charge is 0.481 e. The summed E-state index contributed by atoms with van der Waals surface area (Å²) in [6.07, 6.45) is 2.72. The summed E-state index contributed by atoms with van der Waals surface area (Å²) in [5.41, 5.74) is 0. The van der Waals surface area contributed by atoms with Crippen LogP contribution < -0.4 is 0 Å². The van der Waals surface area contributed by atoms with E-state index in [1.165, 1.54) is 13.3 Å². The van der Waals surface area contributed by atoms with Gasteiger partial charge in [-0.3, -0.25) is 14.4 Å². The molecular weight excluding hydrogens is 228 g/mol. The molecule has 0 aromatic carbocycles. The summed E-state index contributed by atoms with van der Waals surface area (Å²) in [5, 5.41) is 15.8. The maximum Gasteiger partial charge on any atom is 0.303 e. The molecule has 2 N–H and O–H groups in total. The second kappa shape index (κ2) is 12.5. The average molecular weight is 248 g/mol. The molecule has 0 aliphatic heterocycles. The fourth-order valence-corrected chi connectivity index (χ4v) is 0.782. The van der Waals surface area contributed by atoms with Crippen LogP contribution in [0.25, 0.3) is 0 Å². The van der Waals surface area contributed by atoms with Gasteiger partial charge in [-0.2, -0.15) is 0 Å². The smallest absolute Gasteiger partial charge is 0.303 e. The number of aliphatic carboxylic acids is 2. The van der Waals surface area contributed by atoms with Crippen molar-refractivity contribution < 1.29 is 29.3 Å². The number of ether oxygens (including phenoxy) is 1. The standard InChI is InChI=1S/C7H14O2.C4H6O4/c1-3-4-5-6-9-7(2)8;5-3(6)1-2-4(7)8/h3-6H2,1-2H3;1-2H2,(H,5,6)(H,7,8). The number of esters is 1. The van der Waals surface area contributed by atoms with E-state index in [-0.39, 0.29) is 18.8 Å². The lowest BCUT2D eigenvalue weighted by Crippen LogP contribution is -2.00. The van der Waals surface area contributed by atoms with Gasteiger partial charge >= 0.3 is 17.9 Å². The number of unbranched alkanes of at least 4 members (excludes halogenated alkanes) is 2. The molecule has 0 atom stereocenters. The lowest BCUT2D eigenvalue weighted by molar-refractivity contribution is -0.143. The highest BCUT2D eigenvalue weighted by molar-refractivity contribution is 5.75. The SMILES string of the molecule is CCCCCOC(C)=O.O=C(O)CCC(=O)O. The van der Waals surface area contributed by atoms with Crippen LogP contribution in [0.15, 0.2) is 0 Å². The van der Waals surface area contributed by atoms with Crippen molar-refractivity contribution in [2.45, 2.75) is 46.0 Å². The molecule has 17 heavy (non-hydrogen) atoms. The molecule has 0 bridgehead atoms. The van der Waals surface area contributed by atoms with Gasteiger partial charge in [0.15, 0.2) is 0 Å². The van der Waals surface area contributed by atoms with Crippen LogP contribution in [-0.2, 0) is 19.1 Å². The van der Waals surface area contributed by atoms with Gasteiger partial charge in [0.25, 0.3) is 0 Å². The molecule has 0 unspecified atom stereocenters. The van der Waals surface area contributed by atoms with Gasteiger partial charge < -0.3 is 14.9 Å². The summed E-state index contributed by atoms with van der Waals surface area (Å²) < 4.78 is 4.70. The Morgan fingerprint density at radius 2 is 1.47 bits per heavy atom. The van der Waals surface area contributed by atoms with E-state index in [1.54, 1.807) is 0 Å². The van der Waals surface area contributed by atoms with Gasteiger partial charge in [0.1, 0.15) is 0 Å². The van der Waals surface area contributed by atoms with Crippen molar-refractivity contribution in [2.24, 2.45) is 0 Å². The molecule has 0 saturated carbocycles. The van der Waals surface area contributed by atoms with Crippen LogP contribution in [-0.4, -0.2) is 34.7 Å². The van der Waals surface area contributed by atoms with Crippen LogP contribution >= 0.6 is 0 Å². The number of carbonyl (C=O) groups is 3. The maximum atomic E-state index is 10.2. The minimum Gasteiger partial charge on any atom is -0.481 e. The van der Waals surface area contributed by atoms with Crippen molar-refractivity contribution >= 4 is 17.9 Å². The van der Waals surface area contributed by atoms with Crippen molar-refractivity contribution in [2.75, 3.05) is 6.61 Å². The molecule has 0 radical (unpaired) electrons. The monoisotopic (exact) mass is 248 g/mol. The van der Waals surface area contributed by atoms with Gasteiger partial charge in [0.2, 0.25) is 0 Å². The Labute approximate surface area is 101 Å². The molecule has 0 aromatic rings. The molecule has 0 rings (SSSR count). The Morgan fingerprint density at radius 3 is 1.76 bits per heavy atom. The quantitative estimate of drug-likeness (QED) is 0.525. The zero-order chi connectivity index (χ0) is 13.7. The molecular formula is C11H20O6. The third kappa shape index (κ3) is 25.1. The number of hydrogen-bond donors (Lipinski definition) is 2. The number of hydrogen-bond acceptors (Lipinski definition) is 4. The highest BCUT2D eigenvalue weighted by Gasteiger charge is 2.00. The molecule has 6 nitrogen and oxygen atoms in total. The van der Waals surface area contributed by atoms with E-state index in [9.17, 15) is 14.4 Å². The van der Waals surface area contributed by atoms with E-state index in [2.05, 4.69) is 6.92 Å². The van der Waals surface area contributed by atoms with Crippen molar-refractivity contribution in [3.05, 3.63) is 0 Å². The molecule has 100 valence electrons. The fourth-order valence-electron chi connectivity index (χ4n) is 0.782. The van der Waals surface area contributed by atoms with E-state index < -0.39 is 11.9 Å². The third-order valence-corrected chi connectivity index (χ3v) is 1.61. The Morgan fingerprint density at radius 1 is 1.00 bits per heavy atom. The second-order valence-electron chi connectivity index (χ2n) is 3.33. The first kappa shape index (κ1) is 17.8. The lowest BCUT2D eigenvalue weighted by atomic mass is 10.3. The minimum atomic E-state index is -1.08. The number of carboxylic acid groups (broad SMARTS) is 2. The predicted molar refractivity (Wildman–Crippen MR) is 60.7 cm³/mol. The molecule has 0 aliphatic rings. The first-order chi connectivity index (χ1) is 7.90. The molecule has 0 aromatic heterocycles. The summed E-state index contributed by atoms with van der Waals surface area (Å²) in [4.78, 5) is 29.5. The summed E-state index contributed by atoms with van der Waals surface area (Å²) in [5.74, 6) is -2.33. The summed E-state index contributed by atoms with van der Waals surface area (Å²) >= 11 is 0. The summed E-state index contributed by atoms with van der Waals surface area (Å²) in [7, 11) is 0. The van der Waals surface area contributed by atoms with Crippen LogP contribution in [0.4, 0.5) is 0 Å². The molecule has 0 amide bonds. The number of carbonyl (C=O) groups excluding carboxylic acids is 1. The van der Waals surface area contributed by atoms with Gasteiger partial charge in [0, 0.05) is 6.92 Å². The number of rotatable bonds is 7. The van der Waals surface area contributed by atoms with Gasteiger partial charge in [-0.25, -0.2) is 0 Å². The van der Waals surface area contributed by atoms with Crippen molar-refractivity contribution in [1.82, 2.24) is 0 Å². The number of carboxylic acids is 2. The van der Waals surface area contributed by atoms with Gasteiger partial charge in [-0.15, -0.1) is 0 Å². The first-order valence-corrected chi connectivity index (χ1v) is 5.47. The highest BCUT2D eigenvalue weighted by Crippen LogP contribution is 1.93. The molecule has 0 heterocycles. The summed E-state index contributed by atoms with van der Waals surface area (Å²) in [6, 6.07) is 0. The van der Waals surface area contributed by atoms with E-state index in [0.717, 1.165) is 12.8 Å². The second-order valence-corrected chi connectivity index (χ2v) is 3.33. The van der Waals surface area contributed by atoms with E-state index in [0.29, 0.717) is 6.61 Å². The first-order valence-electron chi connectivity index (χ1n) is 5.47. The molecule has 0 spiro atoms. The minimum absolute atomic E-state index is 0.175. The van der Waals surface area contributed by atoms with Gasteiger partial charge in [-0.1, -0.05) is 19.8 Å². The normalized spacial score (nSPS) is 8.82. The fraction of sp³-hybridized carbons (Fsp3) is 0.727. The maximum absolute atomic E-state index is 10.2. The van der Waals surface area contributed by atoms with E-state index in [1.807, 2.05) is 0 Å². The van der Waals surface area contributed by atoms with Crippen molar-refractivity contribution in [3.63, 3.8) is 0 Å². The van der Waals surface area contributed by atoms with Crippen LogP contribution in [0.1, 0.15) is 46.0 Å².